The minimum atomic E-state index is -0.314. The number of halogens is 2. The van der Waals surface area contributed by atoms with Crippen LogP contribution in [-0.2, 0) is 12.5 Å². The molecule has 0 atom stereocenters. The molecule has 0 saturated carbocycles. The summed E-state index contributed by atoms with van der Waals surface area (Å²) in [5.74, 6) is 0.490. The molecule has 0 unspecified atom stereocenters. The molecule has 0 aliphatic rings. The molecule has 0 bridgehead atoms. The van der Waals surface area contributed by atoms with Gasteiger partial charge >= 0.3 is 0 Å². The summed E-state index contributed by atoms with van der Waals surface area (Å²) < 4.78 is 20.7. The standard InChI is InChI=1S/C13H10ClFN2OS/c14-6-9-5-10(15)1-2-12(9)18-8-11-7-17-3-4-19-13(17)16-11/h1-5,7H,6,8H2. The second-order valence-corrected chi connectivity index (χ2v) is 5.14. The number of nitrogens with zero attached hydrogens (tertiary/aromatic N) is 2. The number of thiazole rings is 1. The van der Waals surface area contributed by atoms with Gasteiger partial charge in [-0.25, -0.2) is 9.37 Å². The van der Waals surface area contributed by atoms with E-state index < -0.39 is 0 Å². The Balaban J connectivity index is 1.77. The van der Waals surface area contributed by atoms with Crippen LogP contribution in [0.15, 0.2) is 36.0 Å². The van der Waals surface area contributed by atoms with Gasteiger partial charge in [0.1, 0.15) is 18.2 Å². The number of rotatable bonds is 4. The predicted octanol–water partition coefficient (Wildman–Crippen LogP) is 3.85. The summed E-state index contributed by atoms with van der Waals surface area (Å²) in [6, 6.07) is 4.33. The Hall–Kier alpha value is -1.59. The molecular formula is C13H10ClFN2OS. The maximum Gasteiger partial charge on any atom is 0.193 e. The monoisotopic (exact) mass is 296 g/mol. The van der Waals surface area contributed by atoms with Crippen LogP contribution in [0.4, 0.5) is 4.39 Å². The molecule has 3 nitrogen and oxygen atoms in total. The van der Waals surface area contributed by atoms with Crippen molar-refractivity contribution in [1.29, 1.82) is 0 Å². The van der Waals surface area contributed by atoms with Crippen LogP contribution in [0.2, 0.25) is 0 Å². The quantitative estimate of drug-likeness (QED) is 0.684. The summed E-state index contributed by atoms with van der Waals surface area (Å²) in [4.78, 5) is 5.34. The van der Waals surface area contributed by atoms with Crippen LogP contribution in [0.25, 0.3) is 4.96 Å². The molecule has 0 aliphatic carbocycles. The number of hydrogen-bond donors (Lipinski definition) is 0. The average molecular weight is 297 g/mol. The highest BCUT2D eigenvalue weighted by molar-refractivity contribution is 7.15. The van der Waals surface area contributed by atoms with E-state index in [1.54, 1.807) is 17.4 Å². The van der Waals surface area contributed by atoms with Gasteiger partial charge in [-0.15, -0.1) is 22.9 Å². The first-order chi connectivity index (χ1) is 9.26. The van der Waals surface area contributed by atoms with Crippen molar-refractivity contribution < 1.29 is 9.13 Å². The van der Waals surface area contributed by atoms with E-state index in [9.17, 15) is 4.39 Å². The van der Waals surface area contributed by atoms with E-state index in [-0.39, 0.29) is 11.7 Å². The summed E-state index contributed by atoms with van der Waals surface area (Å²) in [7, 11) is 0. The Morgan fingerprint density at radius 2 is 2.32 bits per heavy atom. The normalized spacial score (nSPS) is 11.1. The fraction of sp³-hybridized carbons (Fsp3) is 0.154. The van der Waals surface area contributed by atoms with Gasteiger partial charge in [0.2, 0.25) is 0 Å². The third-order valence-electron chi connectivity index (χ3n) is 2.69. The van der Waals surface area contributed by atoms with Crippen molar-refractivity contribution in [3.63, 3.8) is 0 Å². The fourth-order valence-corrected chi connectivity index (χ4v) is 2.72. The van der Waals surface area contributed by atoms with Crippen LogP contribution < -0.4 is 4.74 Å². The molecule has 3 rings (SSSR count). The molecule has 0 saturated heterocycles. The third-order valence-corrected chi connectivity index (χ3v) is 3.74. The van der Waals surface area contributed by atoms with Crippen LogP contribution >= 0.6 is 22.9 Å². The van der Waals surface area contributed by atoms with Gasteiger partial charge in [-0.2, -0.15) is 0 Å². The van der Waals surface area contributed by atoms with E-state index in [1.165, 1.54) is 12.1 Å². The molecule has 0 radical (unpaired) electrons. The van der Waals surface area contributed by atoms with Crippen LogP contribution in [-0.4, -0.2) is 9.38 Å². The first kappa shape index (κ1) is 12.4. The SMILES string of the molecule is Fc1ccc(OCc2cn3ccsc3n2)c(CCl)c1. The number of alkyl halides is 1. The molecule has 19 heavy (non-hydrogen) atoms. The van der Waals surface area contributed by atoms with Crippen LogP contribution in [0.1, 0.15) is 11.3 Å². The van der Waals surface area contributed by atoms with E-state index >= 15 is 0 Å². The first-order valence-corrected chi connectivity index (χ1v) is 7.06. The van der Waals surface area contributed by atoms with Crippen molar-refractivity contribution in [1.82, 2.24) is 9.38 Å². The topological polar surface area (TPSA) is 26.5 Å². The van der Waals surface area contributed by atoms with Gasteiger partial charge in [0, 0.05) is 23.3 Å². The number of imidazole rings is 1. The molecule has 0 fully saturated rings. The van der Waals surface area contributed by atoms with Gasteiger partial charge in [0.15, 0.2) is 4.96 Å². The van der Waals surface area contributed by atoms with Crippen molar-refractivity contribution >= 4 is 27.9 Å². The highest BCUT2D eigenvalue weighted by Crippen LogP contribution is 2.23. The minimum Gasteiger partial charge on any atom is -0.487 e. The van der Waals surface area contributed by atoms with Crippen LogP contribution in [0.5, 0.6) is 5.75 Å². The average Bonchev–Trinajstić information content (AvgIpc) is 2.97. The summed E-state index contributed by atoms with van der Waals surface area (Å²) in [5, 5.41) is 1.97. The van der Waals surface area contributed by atoms with E-state index in [4.69, 9.17) is 16.3 Å². The van der Waals surface area contributed by atoms with Gasteiger partial charge < -0.3 is 4.74 Å². The van der Waals surface area contributed by atoms with Gasteiger partial charge in [-0.3, -0.25) is 4.40 Å². The summed E-state index contributed by atoms with van der Waals surface area (Å²) in [5.41, 5.74) is 1.47. The molecular weight excluding hydrogens is 287 g/mol. The Morgan fingerprint density at radius 1 is 1.42 bits per heavy atom. The largest absolute Gasteiger partial charge is 0.487 e. The fourth-order valence-electron chi connectivity index (χ4n) is 1.79. The lowest BCUT2D eigenvalue weighted by Gasteiger charge is -2.08. The summed E-state index contributed by atoms with van der Waals surface area (Å²) >= 11 is 7.33. The second-order valence-electron chi connectivity index (χ2n) is 4.00. The molecule has 0 aliphatic heterocycles. The van der Waals surface area contributed by atoms with E-state index in [0.29, 0.717) is 17.9 Å². The molecule has 3 aromatic rings. The highest BCUT2D eigenvalue weighted by Gasteiger charge is 2.07. The lowest BCUT2D eigenvalue weighted by molar-refractivity contribution is 0.299. The second kappa shape index (κ2) is 5.19. The van der Waals surface area contributed by atoms with E-state index in [1.807, 2.05) is 22.2 Å². The zero-order valence-corrected chi connectivity index (χ0v) is 11.4. The summed E-state index contributed by atoms with van der Waals surface area (Å²) in [6.07, 6.45) is 3.86. The summed E-state index contributed by atoms with van der Waals surface area (Å²) in [6.45, 7) is 0.337. The Bertz CT molecular complexity index is 681. The van der Waals surface area contributed by atoms with E-state index in [2.05, 4.69) is 4.98 Å². The van der Waals surface area contributed by atoms with Gasteiger partial charge in [-0.1, -0.05) is 0 Å². The molecule has 2 heterocycles. The predicted molar refractivity (Wildman–Crippen MR) is 73.4 cm³/mol. The van der Waals surface area contributed by atoms with Crippen molar-refractivity contribution in [2.45, 2.75) is 12.5 Å². The minimum absolute atomic E-state index is 0.214. The number of benzene rings is 1. The lowest BCUT2D eigenvalue weighted by atomic mass is 10.2. The molecule has 6 heteroatoms. The highest BCUT2D eigenvalue weighted by atomic mass is 35.5. The van der Waals surface area contributed by atoms with Crippen molar-refractivity contribution in [2.24, 2.45) is 0 Å². The van der Waals surface area contributed by atoms with Crippen molar-refractivity contribution in [3.8, 4) is 5.75 Å². The van der Waals surface area contributed by atoms with Crippen molar-refractivity contribution in [3.05, 3.63) is 53.0 Å². The lowest BCUT2D eigenvalue weighted by Crippen LogP contribution is -1.98. The smallest absolute Gasteiger partial charge is 0.193 e. The zero-order valence-electron chi connectivity index (χ0n) is 9.85. The molecule has 2 aromatic heterocycles. The van der Waals surface area contributed by atoms with Gasteiger partial charge in [0.05, 0.1) is 11.6 Å². The van der Waals surface area contributed by atoms with Crippen LogP contribution in [0.3, 0.4) is 0 Å². The van der Waals surface area contributed by atoms with Gasteiger partial charge in [-0.05, 0) is 18.2 Å². The molecule has 1 aromatic carbocycles. The molecule has 0 N–H and O–H groups in total. The maximum absolute atomic E-state index is 13.1. The number of hydrogen-bond acceptors (Lipinski definition) is 3. The number of aromatic nitrogens is 2. The Kier molecular flexibility index (Phi) is 3.40. The molecule has 98 valence electrons. The molecule has 0 spiro atoms. The van der Waals surface area contributed by atoms with Crippen LogP contribution in [0, 0.1) is 5.82 Å². The van der Waals surface area contributed by atoms with Crippen molar-refractivity contribution in [2.75, 3.05) is 0 Å². The van der Waals surface area contributed by atoms with E-state index in [0.717, 1.165) is 10.7 Å². The number of ether oxygens (including phenoxy) is 1. The Labute approximate surface area is 118 Å². The Morgan fingerprint density at radius 3 is 3.11 bits per heavy atom. The van der Waals surface area contributed by atoms with Gasteiger partial charge in [0.25, 0.3) is 0 Å². The third kappa shape index (κ3) is 2.57. The number of fused-ring (bicyclic) bond motifs is 1. The first-order valence-electron chi connectivity index (χ1n) is 5.64. The zero-order chi connectivity index (χ0) is 13.2. The maximum atomic E-state index is 13.1. The molecule has 0 amide bonds.